The lowest BCUT2D eigenvalue weighted by Crippen LogP contribution is -2.41. The highest BCUT2D eigenvalue weighted by Gasteiger charge is 2.28. The molecule has 0 radical (unpaired) electrons. The Morgan fingerprint density at radius 3 is 2.38 bits per heavy atom. The number of ketones is 1. The number of rotatable bonds is 5. The van der Waals surface area contributed by atoms with Gasteiger partial charge in [-0.15, -0.1) is 0 Å². The van der Waals surface area contributed by atoms with Crippen LogP contribution in [0.2, 0.25) is 0 Å². The van der Waals surface area contributed by atoms with Gasteiger partial charge in [0.15, 0.2) is 5.78 Å². The summed E-state index contributed by atoms with van der Waals surface area (Å²) in [6.45, 7) is 9.33. The van der Waals surface area contributed by atoms with Crippen LogP contribution in [0.5, 0.6) is 0 Å². The number of carbonyl (C=O) groups is 1. The largest absolute Gasteiger partial charge is 0.302 e. The molecular formula is C19H27NO. The van der Waals surface area contributed by atoms with Gasteiger partial charge in [0.2, 0.25) is 0 Å². The number of allylic oxidation sites excluding steroid dienone is 1. The first-order chi connectivity index (χ1) is 9.97. The van der Waals surface area contributed by atoms with Gasteiger partial charge in [-0.3, -0.25) is 4.79 Å². The molecule has 0 aliphatic carbocycles. The van der Waals surface area contributed by atoms with Crippen LogP contribution in [0.15, 0.2) is 30.3 Å². The third kappa shape index (κ3) is 4.82. The molecule has 2 nitrogen and oxygen atoms in total. The molecule has 21 heavy (non-hydrogen) atoms. The molecule has 0 amide bonds. The van der Waals surface area contributed by atoms with Gasteiger partial charge in [-0.2, -0.15) is 0 Å². The zero-order valence-corrected chi connectivity index (χ0v) is 13.6. The minimum absolute atomic E-state index is 0.216. The van der Waals surface area contributed by atoms with Crippen molar-refractivity contribution in [1.29, 1.82) is 0 Å². The fourth-order valence-corrected chi connectivity index (χ4v) is 2.83. The van der Waals surface area contributed by atoms with E-state index in [4.69, 9.17) is 0 Å². The van der Waals surface area contributed by atoms with Crippen LogP contribution in [-0.2, 0) is 4.79 Å². The molecule has 114 valence electrons. The summed E-state index contributed by atoms with van der Waals surface area (Å²) < 4.78 is 0. The maximum atomic E-state index is 12.5. The van der Waals surface area contributed by atoms with Gasteiger partial charge in [0.1, 0.15) is 0 Å². The minimum Gasteiger partial charge on any atom is -0.302 e. The van der Waals surface area contributed by atoms with E-state index in [1.165, 1.54) is 24.8 Å². The molecule has 0 atom stereocenters. The highest BCUT2D eigenvalue weighted by atomic mass is 16.1. The first kappa shape index (κ1) is 16.0. The zero-order chi connectivity index (χ0) is 15.3. The number of carbonyl (C=O) groups excluding carboxylic acids is 1. The summed E-state index contributed by atoms with van der Waals surface area (Å²) in [6, 6.07) is 8.25. The predicted octanol–water partition coefficient (Wildman–Crippen LogP) is 4.09. The first-order valence-electron chi connectivity index (χ1n) is 7.99. The van der Waals surface area contributed by atoms with Crippen molar-refractivity contribution in [2.45, 2.75) is 40.0 Å². The summed E-state index contributed by atoms with van der Waals surface area (Å²) in [7, 11) is 0. The Kier molecular flexibility index (Phi) is 5.35. The Morgan fingerprint density at radius 1 is 1.14 bits per heavy atom. The average molecular weight is 285 g/mol. The number of hydrogen-bond acceptors (Lipinski definition) is 2. The van der Waals surface area contributed by atoms with E-state index in [0.29, 0.717) is 0 Å². The monoisotopic (exact) mass is 285 g/mol. The van der Waals surface area contributed by atoms with Crippen LogP contribution in [0.1, 0.15) is 44.2 Å². The van der Waals surface area contributed by atoms with Crippen LogP contribution in [0.25, 0.3) is 6.08 Å². The lowest BCUT2D eigenvalue weighted by Gasteiger charge is -2.33. The van der Waals surface area contributed by atoms with Crippen LogP contribution in [0.4, 0.5) is 0 Å². The van der Waals surface area contributed by atoms with Gasteiger partial charge >= 0.3 is 0 Å². The SMILES string of the molecule is Cc1ccc(C=CC(=O)C(C)(C)CN2CCCCC2)cc1. The van der Waals surface area contributed by atoms with Gasteiger partial charge in [-0.05, 0) is 44.5 Å². The van der Waals surface area contributed by atoms with Gasteiger partial charge in [-0.1, -0.05) is 56.2 Å². The van der Waals surface area contributed by atoms with Crippen LogP contribution in [0.3, 0.4) is 0 Å². The summed E-state index contributed by atoms with van der Waals surface area (Å²) in [5.74, 6) is 0.216. The number of aryl methyl sites for hydroxylation is 1. The molecule has 1 aliphatic heterocycles. The van der Waals surface area contributed by atoms with Crippen molar-refractivity contribution in [2.24, 2.45) is 5.41 Å². The number of benzene rings is 1. The highest BCUT2D eigenvalue weighted by molar-refractivity contribution is 5.97. The summed E-state index contributed by atoms with van der Waals surface area (Å²) in [5, 5.41) is 0. The third-order valence-corrected chi connectivity index (χ3v) is 4.24. The molecule has 1 heterocycles. The molecule has 1 aliphatic rings. The normalized spacial score (nSPS) is 17.3. The topological polar surface area (TPSA) is 20.3 Å². The van der Waals surface area contributed by atoms with Crippen molar-refractivity contribution in [3.8, 4) is 0 Å². The first-order valence-corrected chi connectivity index (χ1v) is 7.99. The zero-order valence-electron chi connectivity index (χ0n) is 13.6. The van der Waals surface area contributed by atoms with Crippen molar-refractivity contribution in [1.82, 2.24) is 4.90 Å². The van der Waals surface area contributed by atoms with Gasteiger partial charge in [-0.25, -0.2) is 0 Å². The Balaban J connectivity index is 1.95. The second-order valence-electron chi connectivity index (χ2n) is 6.83. The quantitative estimate of drug-likeness (QED) is 0.759. The molecule has 1 fully saturated rings. The van der Waals surface area contributed by atoms with E-state index in [9.17, 15) is 4.79 Å². The van der Waals surface area contributed by atoms with Gasteiger partial charge in [0.25, 0.3) is 0 Å². The summed E-state index contributed by atoms with van der Waals surface area (Å²) in [6.07, 6.45) is 7.54. The highest BCUT2D eigenvalue weighted by Crippen LogP contribution is 2.22. The third-order valence-electron chi connectivity index (χ3n) is 4.24. The standard InChI is InChI=1S/C19H27NO/c1-16-7-9-17(10-8-16)11-12-18(21)19(2,3)15-20-13-5-4-6-14-20/h7-12H,4-6,13-15H2,1-3H3. The summed E-state index contributed by atoms with van der Waals surface area (Å²) in [5.41, 5.74) is 2.02. The smallest absolute Gasteiger partial charge is 0.162 e. The van der Waals surface area contributed by atoms with E-state index in [1.807, 2.05) is 6.08 Å². The van der Waals surface area contributed by atoms with Crippen LogP contribution >= 0.6 is 0 Å². The van der Waals surface area contributed by atoms with E-state index in [0.717, 1.165) is 25.2 Å². The van der Waals surface area contributed by atoms with E-state index >= 15 is 0 Å². The minimum atomic E-state index is -0.307. The average Bonchev–Trinajstić information content (AvgIpc) is 2.47. The molecule has 0 aromatic heterocycles. The summed E-state index contributed by atoms with van der Waals surface area (Å²) >= 11 is 0. The molecule has 2 rings (SSSR count). The Hall–Kier alpha value is -1.41. The Labute approximate surface area is 128 Å². The predicted molar refractivity (Wildman–Crippen MR) is 89.3 cm³/mol. The van der Waals surface area contributed by atoms with E-state index in [2.05, 4.69) is 49.9 Å². The van der Waals surface area contributed by atoms with Crippen LogP contribution in [-0.4, -0.2) is 30.3 Å². The maximum absolute atomic E-state index is 12.5. The second-order valence-corrected chi connectivity index (χ2v) is 6.83. The maximum Gasteiger partial charge on any atom is 0.162 e. The molecular weight excluding hydrogens is 258 g/mol. The van der Waals surface area contributed by atoms with Crippen LogP contribution < -0.4 is 0 Å². The van der Waals surface area contributed by atoms with E-state index in [1.54, 1.807) is 6.08 Å². The van der Waals surface area contributed by atoms with E-state index in [-0.39, 0.29) is 11.2 Å². The molecule has 0 N–H and O–H groups in total. The number of nitrogens with zero attached hydrogens (tertiary/aromatic N) is 1. The molecule has 1 aromatic carbocycles. The van der Waals surface area contributed by atoms with Crippen molar-refractivity contribution in [3.63, 3.8) is 0 Å². The number of piperidine rings is 1. The van der Waals surface area contributed by atoms with Crippen molar-refractivity contribution < 1.29 is 4.79 Å². The molecule has 2 heteroatoms. The van der Waals surface area contributed by atoms with Gasteiger partial charge < -0.3 is 4.90 Å². The lowest BCUT2D eigenvalue weighted by molar-refractivity contribution is -0.123. The molecule has 0 bridgehead atoms. The fourth-order valence-electron chi connectivity index (χ4n) is 2.83. The molecule has 0 spiro atoms. The van der Waals surface area contributed by atoms with E-state index < -0.39 is 0 Å². The molecule has 1 saturated heterocycles. The fraction of sp³-hybridized carbons (Fsp3) is 0.526. The molecule has 0 unspecified atom stereocenters. The van der Waals surface area contributed by atoms with Crippen molar-refractivity contribution in [2.75, 3.05) is 19.6 Å². The van der Waals surface area contributed by atoms with Crippen molar-refractivity contribution in [3.05, 3.63) is 41.5 Å². The summed E-state index contributed by atoms with van der Waals surface area (Å²) in [4.78, 5) is 14.9. The number of likely N-dealkylation sites (tertiary alicyclic amines) is 1. The second kappa shape index (κ2) is 7.04. The number of hydrogen-bond donors (Lipinski definition) is 0. The molecule has 1 aromatic rings. The Bertz CT molecular complexity index is 493. The van der Waals surface area contributed by atoms with Crippen LogP contribution in [0, 0.1) is 12.3 Å². The van der Waals surface area contributed by atoms with Gasteiger partial charge in [0.05, 0.1) is 0 Å². The Morgan fingerprint density at radius 2 is 1.76 bits per heavy atom. The lowest BCUT2D eigenvalue weighted by atomic mass is 9.86. The van der Waals surface area contributed by atoms with Gasteiger partial charge in [0, 0.05) is 12.0 Å². The molecule has 0 saturated carbocycles. The van der Waals surface area contributed by atoms with Crippen molar-refractivity contribution >= 4 is 11.9 Å².